The topological polar surface area (TPSA) is 74.6 Å². The highest BCUT2D eigenvalue weighted by Gasteiger charge is 2.07. The molecule has 0 aliphatic carbocycles. The molecule has 62 valence electrons. The van der Waals surface area contributed by atoms with Crippen LogP contribution in [0.4, 0.5) is 0 Å². The highest BCUT2D eigenvalue weighted by molar-refractivity contribution is 5.94. The van der Waals surface area contributed by atoms with Crippen molar-refractivity contribution in [2.24, 2.45) is 0 Å². The molecule has 0 unspecified atom stereocenters. The van der Waals surface area contributed by atoms with E-state index in [2.05, 4.69) is 0 Å². The summed E-state index contributed by atoms with van der Waals surface area (Å²) in [4.78, 5) is 20.3. The highest BCUT2D eigenvalue weighted by Crippen LogP contribution is 2.03. The second kappa shape index (κ2) is 4.49. The number of carboxylic acid groups (broad SMARTS) is 2. The summed E-state index contributed by atoms with van der Waals surface area (Å²) in [6, 6.07) is 0. The molecule has 0 spiro atoms. The molecule has 0 atom stereocenters. The summed E-state index contributed by atoms with van der Waals surface area (Å²) < 4.78 is 0. The molecule has 0 aromatic heterocycles. The zero-order valence-corrected chi connectivity index (χ0v) is 6.20. The zero-order valence-electron chi connectivity index (χ0n) is 6.20. The Balaban J connectivity index is 4.32. The van der Waals surface area contributed by atoms with Crippen LogP contribution in [0, 0.1) is 0 Å². The van der Waals surface area contributed by atoms with E-state index < -0.39 is 11.9 Å². The summed E-state index contributed by atoms with van der Waals surface area (Å²) in [6.07, 6.45) is 1.65. The monoisotopic (exact) mass is 158 g/mol. The Labute approximate surface area is 64.2 Å². The maximum absolute atomic E-state index is 10.3. The second-order valence-corrected chi connectivity index (χ2v) is 2.06. The number of carboxylic acids is 2. The van der Waals surface area contributed by atoms with E-state index in [0.29, 0.717) is 12.8 Å². The minimum atomic E-state index is -1.21. The third-order valence-electron chi connectivity index (χ3n) is 1.09. The number of hydrogen-bond acceptors (Lipinski definition) is 2. The average Bonchev–Trinajstić information content (AvgIpc) is 1.86. The fourth-order valence-electron chi connectivity index (χ4n) is 0.659. The van der Waals surface area contributed by atoms with Gasteiger partial charge in [0, 0.05) is 11.6 Å². The number of carbonyl (C=O) groups is 2. The smallest absolute Gasteiger partial charge is 0.331 e. The Morgan fingerprint density at radius 2 is 1.91 bits per heavy atom. The van der Waals surface area contributed by atoms with Crippen LogP contribution in [0.5, 0.6) is 0 Å². The van der Waals surface area contributed by atoms with Crippen LogP contribution in [-0.4, -0.2) is 22.2 Å². The first-order valence-corrected chi connectivity index (χ1v) is 3.24. The predicted octanol–water partition coefficient (Wildman–Crippen LogP) is 0.882. The van der Waals surface area contributed by atoms with Gasteiger partial charge in [0.25, 0.3) is 0 Å². The number of hydrogen-bond donors (Lipinski definition) is 2. The van der Waals surface area contributed by atoms with Crippen LogP contribution in [0.15, 0.2) is 11.6 Å². The maximum Gasteiger partial charge on any atom is 0.331 e. The van der Waals surface area contributed by atoms with Crippen LogP contribution < -0.4 is 0 Å². The lowest BCUT2D eigenvalue weighted by Gasteiger charge is -1.95. The lowest BCUT2D eigenvalue weighted by molar-refractivity contribution is -0.135. The molecular weight excluding hydrogens is 148 g/mol. The fraction of sp³-hybridized carbons (Fsp3) is 0.429. The predicted molar refractivity (Wildman–Crippen MR) is 38.3 cm³/mol. The Hall–Kier alpha value is -1.32. The van der Waals surface area contributed by atoms with Gasteiger partial charge in [-0.3, -0.25) is 0 Å². The Bertz CT molecular complexity index is 193. The molecule has 0 aromatic carbocycles. The molecule has 0 saturated heterocycles. The maximum atomic E-state index is 10.3. The summed E-state index contributed by atoms with van der Waals surface area (Å²) in [5.41, 5.74) is -0.0556. The van der Waals surface area contributed by atoms with Crippen molar-refractivity contribution in [3.8, 4) is 0 Å². The normalized spacial score (nSPS) is 11.2. The van der Waals surface area contributed by atoms with Gasteiger partial charge < -0.3 is 10.2 Å². The van der Waals surface area contributed by atoms with Crippen LogP contribution in [0.1, 0.15) is 19.8 Å². The first-order chi connectivity index (χ1) is 5.07. The van der Waals surface area contributed by atoms with Crippen molar-refractivity contribution < 1.29 is 19.8 Å². The van der Waals surface area contributed by atoms with E-state index in [1.54, 1.807) is 6.92 Å². The van der Waals surface area contributed by atoms with E-state index in [1.165, 1.54) is 0 Å². The standard InChI is InChI=1S/C7H10O4/c1-2-3-5(7(10)11)4-6(8)9/h4H,2-3H2,1H3,(H,8,9)(H,10,11)/b5-4+. The summed E-state index contributed by atoms with van der Waals surface area (Å²) in [5, 5.41) is 16.6. The lowest BCUT2D eigenvalue weighted by atomic mass is 10.1. The molecule has 11 heavy (non-hydrogen) atoms. The average molecular weight is 158 g/mol. The van der Waals surface area contributed by atoms with Gasteiger partial charge in [-0.1, -0.05) is 13.3 Å². The van der Waals surface area contributed by atoms with E-state index >= 15 is 0 Å². The van der Waals surface area contributed by atoms with Gasteiger partial charge in [-0.2, -0.15) is 0 Å². The minimum Gasteiger partial charge on any atom is -0.478 e. The van der Waals surface area contributed by atoms with Crippen molar-refractivity contribution in [3.05, 3.63) is 11.6 Å². The van der Waals surface area contributed by atoms with E-state index in [1.807, 2.05) is 0 Å². The summed E-state index contributed by atoms with van der Waals surface area (Å²) in [7, 11) is 0. The van der Waals surface area contributed by atoms with Crippen molar-refractivity contribution in [2.75, 3.05) is 0 Å². The molecule has 2 N–H and O–H groups in total. The van der Waals surface area contributed by atoms with Gasteiger partial charge in [-0.25, -0.2) is 9.59 Å². The Morgan fingerprint density at radius 3 is 2.18 bits per heavy atom. The van der Waals surface area contributed by atoms with Crippen LogP contribution in [-0.2, 0) is 9.59 Å². The molecule has 0 saturated carbocycles. The zero-order chi connectivity index (χ0) is 8.85. The summed E-state index contributed by atoms with van der Waals surface area (Å²) in [5.74, 6) is -2.37. The van der Waals surface area contributed by atoms with Gasteiger partial charge in [0.1, 0.15) is 0 Å². The van der Waals surface area contributed by atoms with Crippen LogP contribution in [0.25, 0.3) is 0 Å². The fourth-order valence-corrected chi connectivity index (χ4v) is 0.659. The van der Waals surface area contributed by atoms with Crippen molar-refractivity contribution in [1.82, 2.24) is 0 Å². The quantitative estimate of drug-likeness (QED) is 0.595. The third-order valence-corrected chi connectivity index (χ3v) is 1.09. The largest absolute Gasteiger partial charge is 0.478 e. The summed E-state index contributed by atoms with van der Waals surface area (Å²) >= 11 is 0. The minimum absolute atomic E-state index is 0.0556. The molecule has 0 aliphatic rings. The molecule has 0 radical (unpaired) electrons. The van der Waals surface area contributed by atoms with E-state index in [9.17, 15) is 9.59 Å². The molecule has 0 amide bonds. The van der Waals surface area contributed by atoms with Gasteiger partial charge in [-0.05, 0) is 6.42 Å². The van der Waals surface area contributed by atoms with E-state index in [4.69, 9.17) is 10.2 Å². The molecular formula is C7H10O4. The van der Waals surface area contributed by atoms with Crippen molar-refractivity contribution in [2.45, 2.75) is 19.8 Å². The highest BCUT2D eigenvalue weighted by atomic mass is 16.4. The van der Waals surface area contributed by atoms with Gasteiger partial charge >= 0.3 is 11.9 Å². The van der Waals surface area contributed by atoms with E-state index in [0.717, 1.165) is 6.08 Å². The van der Waals surface area contributed by atoms with Crippen LogP contribution in [0.3, 0.4) is 0 Å². The van der Waals surface area contributed by atoms with Gasteiger partial charge in [-0.15, -0.1) is 0 Å². The first-order valence-electron chi connectivity index (χ1n) is 3.24. The van der Waals surface area contributed by atoms with Crippen LogP contribution in [0.2, 0.25) is 0 Å². The molecule has 0 aromatic rings. The molecule has 0 fully saturated rings. The third kappa shape index (κ3) is 4.13. The lowest BCUT2D eigenvalue weighted by Crippen LogP contribution is -2.03. The van der Waals surface area contributed by atoms with Gasteiger partial charge in [0.05, 0.1) is 0 Å². The molecule has 4 nitrogen and oxygen atoms in total. The molecule has 0 bridgehead atoms. The van der Waals surface area contributed by atoms with Crippen molar-refractivity contribution in [3.63, 3.8) is 0 Å². The SMILES string of the molecule is CCC/C(=C\C(=O)O)C(=O)O. The van der Waals surface area contributed by atoms with Gasteiger partial charge in [0.15, 0.2) is 0 Å². The van der Waals surface area contributed by atoms with Crippen molar-refractivity contribution >= 4 is 11.9 Å². The molecule has 0 aliphatic heterocycles. The number of aliphatic carboxylic acids is 2. The Kier molecular flexibility index (Phi) is 3.95. The first kappa shape index (κ1) is 9.68. The van der Waals surface area contributed by atoms with Gasteiger partial charge in [0.2, 0.25) is 0 Å². The van der Waals surface area contributed by atoms with Crippen molar-refractivity contribution in [1.29, 1.82) is 0 Å². The Morgan fingerprint density at radius 1 is 1.36 bits per heavy atom. The second-order valence-electron chi connectivity index (χ2n) is 2.06. The number of rotatable bonds is 4. The molecule has 0 rings (SSSR count). The van der Waals surface area contributed by atoms with E-state index in [-0.39, 0.29) is 5.57 Å². The molecule has 0 heterocycles. The van der Waals surface area contributed by atoms with Crippen LogP contribution >= 0.6 is 0 Å². The molecule has 4 heteroatoms. The summed E-state index contributed by atoms with van der Waals surface area (Å²) in [6.45, 7) is 1.79.